The first-order valence-corrected chi connectivity index (χ1v) is 5.52. The minimum absolute atomic E-state index is 0.0771. The van der Waals surface area contributed by atoms with Crippen molar-refractivity contribution in [3.8, 4) is 0 Å². The first-order chi connectivity index (χ1) is 8.00. The van der Waals surface area contributed by atoms with Crippen LogP contribution in [-0.4, -0.2) is 27.5 Å². The number of hydrogen-bond donors (Lipinski definition) is 1. The number of aromatic nitrogens is 2. The Bertz CT molecular complexity index is 450. The fourth-order valence-electron chi connectivity index (χ4n) is 2.36. The molecule has 0 spiro atoms. The second-order valence-corrected chi connectivity index (χ2v) is 4.53. The van der Waals surface area contributed by atoms with E-state index in [9.17, 15) is 10.1 Å². The van der Waals surface area contributed by atoms with Gasteiger partial charge in [-0.1, -0.05) is 6.92 Å². The molecule has 0 aliphatic carbocycles. The maximum atomic E-state index is 11.0. The van der Waals surface area contributed by atoms with Crippen LogP contribution < -0.4 is 10.6 Å². The summed E-state index contributed by atoms with van der Waals surface area (Å²) in [5.74, 6) is 0.756. The van der Waals surface area contributed by atoms with Crippen LogP contribution in [0.4, 0.5) is 17.3 Å². The van der Waals surface area contributed by atoms with E-state index in [0.29, 0.717) is 11.7 Å². The van der Waals surface area contributed by atoms with Crippen molar-refractivity contribution in [1.82, 2.24) is 9.97 Å². The van der Waals surface area contributed by atoms with Gasteiger partial charge in [-0.25, -0.2) is 9.97 Å². The summed E-state index contributed by atoms with van der Waals surface area (Å²) in [6.45, 7) is 4.91. The molecule has 2 unspecified atom stereocenters. The molecule has 2 rings (SSSR count). The minimum atomic E-state index is -0.514. The van der Waals surface area contributed by atoms with E-state index in [2.05, 4.69) is 16.9 Å². The fraction of sp³-hybridized carbons (Fsp3) is 0.600. The summed E-state index contributed by atoms with van der Waals surface area (Å²) in [5, 5.41) is 11.0. The van der Waals surface area contributed by atoms with Gasteiger partial charge in [0.05, 0.1) is 4.92 Å². The Morgan fingerprint density at radius 2 is 2.24 bits per heavy atom. The molecule has 1 aromatic heterocycles. The molecule has 92 valence electrons. The van der Waals surface area contributed by atoms with Crippen molar-refractivity contribution in [2.45, 2.75) is 26.3 Å². The van der Waals surface area contributed by atoms with E-state index in [0.717, 1.165) is 13.0 Å². The second-order valence-electron chi connectivity index (χ2n) is 4.53. The molecule has 2 N–H and O–H groups in total. The summed E-state index contributed by atoms with van der Waals surface area (Å²) >= 11 is 0. The zero-order valence-corrected chi connectivity index (χ0v) is 9.83. The second kappa shape index (κ2) is 4.15. The predicted molar refractivity (Wildman–Crippen MR) is 63.7 cm³/mol. The third-order valence-electron chi connectivity index (χ3n) is 3.07. The number of nitrogens with two attached hydrogens (primary N) is 1. The molecule has 0 bridgehead atoms. The molecule has 7 nitrogen and oxygen atoms in total. The summed E-state index contributed by atoms with van der Waals surface area (Å²) in [7, 11) is 0. The molecule has 0 radical (unpaired) electrons. The summed E-state index contributed by atoms with van der Waals surface area (Å²) in [6.07, 6.45) is 2.27. The van der Waals surface area contributed by atoms with Crippen molar-refractivity contribution in [2.24, 2.45) is 5.92 Å². The van der Waals surface area contributed by atoms with Gasteiger partial charge in [-0.15, -0.1) is 0 Å². The van der Waals surface area contributed by atoms with Gasteiger partial charge < -0.3 is 10.6 Å². The smallest absolute Gasteiger partial charge is 0.353 e. The van der Waals surface area contributed by atoms with E-state index in [-0.39, 0.29) is 17.5 Å². The lowest BCUT2D eigenvalue weighted by Gasteiger charge is -2.22. The minimum Gasteiger partial charge on any atom is -0.378 e. The highest BCUT2D eigenvalue weighted by Gasteiger charge is 2.33. The van der Waals surface area contributed by atoms with Crippen LogP contribution in [0, 0.1) is 16.0 Å². The Kier molecular flexibility index (Phi) is 2.83. The van der Waals surface area contributed by atoms with Gasteiger partial charge >= 0.3 is 5.69 Å². The predicted octanol–water partition coefficient (Wildman–Crippen LogP) is 1.20. The van der Waals surface area contributed by atoms with Crippen LogP contribution in [0.3, 0.4) is 0 Å². The first-order valence-electron chi connectivity index (χ1n) is 5.52. The van der Waals surface area contributed by atoms with E-state index >= 15 is 0 Å². The molecular weight excluding hydrogens is 222 g/mol. The third-order valence-corrected chi connectivity index (χ3v) is 3.07. The van der Waals surface area contributed by atoms with E-state index in [1.807, 2.05) is 11.8 Å². The Morgan fingerprint density at radius 1 is 1.53 bits per heavy atom. The quantitative estimate of drug-likeness (QED) is 0.613. The molecular formula is C10H15N5O2. The molecule has 2 heterocycles. The highest BCUT2D eigenvalue weighted by atomic mass is 16.6. The number of nitrogens with zero attached hydrogens (tertiary/aromatic N) is 4. The number of nitrogen functional groups attached to an aromatic ring is 1. The SMILES string of the molecule is CC1CC(C)N(c2ncnc(N)c2[N+](=O)[O-])C1. The van der Waals surface area contributed by atoms with Gasteiger partial charge in [0, 0.05) is 12.6 Å². The number of nitro groups is 1. The Labute approximate surface area is 98.8 Å². The highest BCUT2D eigenvalue weighted by Crippen LogP contribution is 2.35. The van der Waals surface area contributed by atoms with Crippen molar-refractivity contribution < 1.29 is 4.92 Å². The average Bonchev–Trinajstić information content (AvgIpc) is 2.56. The van der Waals surface area contributed by atoms with Gasteiger partial charge in [-0.2, -0.15) is 0 Å². The lowest BCUT2D eigenvalue weighted by atomic mass is 10.1. The first kappa shape index (κ1) is 11.6. The van der Waals surface area contributed by atoms with E-state index < -0.39 is 4.92 Å². The highest BCUT2D eigenvalue weighted by molar-refractivity contribution is 5.69. The van der Waals surface area contributed by atoms with E-state index in [1.54, 1.807) is 0 Å². The van der Waals surface area contributed by atoms with Crippen molar-refractivity contribution >= 4 is 17.3 Å². The zero-order valence-electron chi connectivity index (χ0n) is 9.83. The molecule has 1 saturated heterocycles. The maximum Gasteiger partial charge on any atom is 0.353 e. The van der Waals surface area contributed by atoms with Crippen LogP contribution in [0.25, 0.3) is 0 Å². The standard InChI is InChI=1S/C10H15N5O2/c1-6-3-7(2)14(4-6)10-8(15(16)17)9(11)12-5-13-10/h5-7H,3-4H2,1-2H3,(H2,11,12,13). The van der Waals surface area contributed by atoms with Crippen LogP contribution in [0.15, 0.2) is 6.33 Å². The van der Waals surface area contributed by atoms with E-state index in [1.165, 1.54) is 6.33 Å². The maximum absolute atomic E-state index is 11.0. The van der Waals surface area contributed by atoms with Gasteiger partial charge in [0.1, 0.15) is 6.33 Å². The number of anilines is 2. The summed E-state index contributed by atoms with van der Waals surface area (Å²) in [5.41, 5.74) is 5.36. The van der Waals surface area contributed by atoms with E-state index in [4.69, 9.17) is 5.73 Å². The average molecular weight is 237 g/mol. The van der Waals surface area contributed by atoms with Crippen molar-refractivity contribution in [1.29, 1.82) is 0 Å². The van der Waals surface area contributed by atoms with Gasteiger partial charge in [0.15, 0.2) is 0 Å². The van der Waals surface area contributed by atoms with Crippen LogP contribution in [0.5, 0.6) is 0 Å². The van der Waals surface area contributed by atoms with Crippen LogP contribution >= 0.6 is 0 Å². The van der Waals surface area contributed by atoms with Crippen LogP contribution in [-0.2, 0) is 0 Å². The fourth-order valence-corrected chi connectivity index (χ4v) is 2.36. The summed E-state index contributed by atoms with van der Waals surface area (Å²) in [4.78, 5) is 20.1. The molecule has 0 saturated carbocycles. The third kappa shape index (κ3) is 2.00. The van der Waals surface area contributed by atoms with Crippen molar-refractivity contribution in [3.63, 3.8) is 0 Å². The monoisotopic (exact) mass is 237 g/mol. The molecule has 0 amide bonds. The molecule has 17 heavy (non-hydrogen) atoms. The lowest BCUT2D eigenvalue weighted by molar-refractivity contribution is -0.383. The molecule has 1 fully saturated rings. The van der Waals surface area contributed by atoms with Gasteiger partial charge in [-0.3, -0.25) is 10.1 Å². The Morgan fingerprint density at radius 3 is 2.76 bits per heavy atom. The Balaban J connectivity index is 2.45. The Hall–Kier alpha value is -1.92. The molecule has 7 heteroatoms. The van der Waals surface area contributed by atoms with Crippen LogP contribution in [0.1, 0.15) is 20.3 Å². The van der Waals surface area contributed by atoms with Gasteiger partial charge in [0.2, 0.25) is 11.6 Å². The largest absolute Gasteiger partial charge is 0.378 e. The van der Waals surface area contributed by atoms with Crippen molar-refractivity contribution in [2.75, 3.05) is 17.2 Å². The summed E-state index contributed by atoms with van der Waals surface area (Å²) in [6, 6.07) is 0.234. The number of rotatable bonds is 2. The van der Waals surface area contributed by atoms with Crippen LogP contribution in [0.2, 0.25) is 0 Å². The van der Waals surface area contributed by atoms with Gasteiger partial charge in [-0.05, 0) is 19.3 Å². The normalized spacial score (nSPS) is 24.0. The van der Waals surface area contributed by atoms with Crippen molar-refractivity contribution in [3.05, 3.63) is 16.4 Å². The molecule has 1 aromatic rings. The molecule has 0 aromatic carbocycles. The molecule has 1 aliphatic rings. The zero-order chi connectivity index (χ0) is 12.6. The topological polar surface area (TPSA) is 98.2 Å². The lowest BCUT2D eigenvalue weighted by Crippen LogP contribution is -2.28. The van der Waals surface area contributed by atoms with Gasteiger partial charge in [0.25, 0.3) is 0 Å². The summed E-state index contributed by atoms with van der Waals surface area (Å²) < 4.78 is 0. The molecule has 2 atom stereocenters. The molecule has 1 aliphatic heterocycles. The number of hydrogen-bond acceptors (Lipinski definition) is 6.